The minimum Gasteiger partial charge on any atom is -0.494 e. The van der Waals surface area contributed by atoms with Crippen LogP contribution in [0.4, 0.5) is 11.4 Å². The molecule has 8 heteroatoms. The van der Waals surface area contributed by atoms with Gasteiger partial charge in [-0.15, -0.1) is 0 Å². The van der Waals surface area contributed by atoms with Crippen molar-refractivity contribution in [3.63, 3.8) is 0 Å². The van der Waals surface area contributed by atoms with E-state index >= 15 is 0 Å². The fourth-order valence-electron chi connectivity index (χ4n) is 4.28. The first-order valence-electron chi connectivity index (χ1n) is 13.4. The Hall–Kier alpha value is -3.71. The number of amides is 2. The van der Waals surface area contributed by atoms with Crippen molar-refractivity contribution in [1.29, 1.82) is 0 Å². The molecule has 39 heavy (non-hydrogen) atoms. The van der Waals surface area contributed by atoms with Crippen LogP contribution in [0.3, 0.4) is 0 Å². The summed E-state index contributed by atoms with van der Waals surface area (Å²) < 4.78 is 11.3. The summed E-state index contributed by atoms with van der Waals surface area (Å²) in [4.78, 5) is 29.8. The summed E-state index contributed by atoms with van der Waals surface area (Å²) in [6.07, 6.45) is 0.940. The van der Waals surface area contributed by atoms with Crippen LogP contribution in [0, 0.1) is 5.92 Å². The summed E-state index contributed by atoms with van der Waals surface area (Å²) in [5.74, 6) is 1.62. The predicted molar refractivity (Wildman–Crippen MR) is 157 cm³/mol. The molecular formula is C31H36ClN3O4. The van der Waals surface area contributed by atoms with Gasteiger partial charge in [-0.1, -0.05) is 38.4 Å². The standard InChI is InChI=1S/C31H36ClN3O4/c1-4-18-38-26-11-8-23(9-12-26)31(37)35-16-14-34(15-17-35)29-13-10-25(20-28(29)32)33-30(36)24-6-5-7-27(19-24)39-21-22(2)3/h5-13,19-20,22H,4,14-18,21H2,1-3H3,(H,33,36). The van der Waals surface area contributed by atoms with Crippen LogP contribution in [0.1, 0.15) is 47.9 Å². The van der Waals surface area contributed by atoms with Gasteiger partial charge in [-0.05, 0) is 73.0 Å². The van der Waals surface area contributed by atoms with Gasteiger partial charge in [-0.3, -0.25) is 9.59 Å². The molecule has 0 radical (unpaired) electrons. The summed E-state index contributed by atoms with van der Waals surface area (Å²) >= 11 is 6.63. The molecule has 3 aromatic rings. The van der Waals surface area contributed by atoms with Crippen LogP contribution in [-0.2, 0) is 0 Å². The number of carbonyl (C=O) groups is 2. The predicted octanol–water partition coefficient (Wildman–Crippen LogP) is 6.38. The fourth-order valence-corrected chi connectivity index (χ4v) is 4.58. The summed E-state index contributed by atoms with van der Waals surface area (Å²) in [6.45, 7) is 9.98. The van der Waals surface area contributed by atoms with Gasteiger partial charge in [0.05, 0.1) is 23.9 Å². The molecule has 0 atom stereocenters. The number of anilines is 2. The first kappa shape index (κ1) is 28.3. The summed E-state index contributed by atoms with van der Waals surface area (Å²) in [5.41, 5.74) is 2.66. The van der Waals surface area contributed by atoms with Gasteiger partial charge in [0, 0.05) is 43.0 Å². The van der Waals surface area contributed by atoms with E-state index in [0.717, 1.165) is 17.9 Å². The fraction of sp³-hybridized carbons (Fsp3) is 0.355. The van der Waals surface area contributed by atoms with Crippen molar-refractivity contribution in [3.8, 4) is 11.5 Å². The second-order valence-electron chi connectivity index (χ2n) is 10.0. The normalized spacial score (nSPS) is 13.4. The molecule has 3 aromatic carbocycles. The number of benzene rings is 3. The van der Waals surface area contributed by atoms with Crippen LogP contribution in [0.25, 0.3) is 0 Å². The lowest BCUT2D eigenvalue weighted by atomic mass is 10.1. The monoisotopic (exact) mass is 549 g/mol. The number of carbonyl (C=O) groups excluding carboxylic acids is 2. The summed E-state index contributed by atoms with van der Waals surface area (Å²) in [5, 5.41) is 3.46. The van der Waals surface area contributed by atoms with Crippen molar-refractivity contribution in [1.82, 2.24) is 4.90 Å². The van der Waals surface area contributed by atoms with Crippen LogP contribution >= 0.6 is 11.6 Å². The highest BCUT2D eigenvalue weighted by Crippen LogP contribution is 2.30. The average molecular weight is 550 g/mol. The topological polar surface area (TPSA) is 71.1 Å². The molecule has 0 saturated carbocycles. The molecular weight excluding hydrogens is 514 g/mol. The van der Waals surface area contributed by atoms with Crippen LogP contribution in [0.5, 0.6) is 11.5 Å². The summed E-state index contributed by atoms with van der Waals surface area (Å²) in [7, 11) is 0. The Bertz CT molecular complexity index is 1270. The largest absolute Gasteiger partial charge is 0.494 e. The minimum atomic E-state index is -0.231. The van der Waals surface area contributed by atoms with Crippen LogP contribution in [0.15, 0.2) is 66.7 Å². The number of halogens is 1. The molecule has 4 rings (SSSR count). The van der Waals surface area contributed by atoms with E-state index in [-0.39, 0.29) is 11.8 Å². The first-order chi connectivity index (χ1) is 18.8. The van der Waals surface area contributed by atoms with Gasteiger partial charge in [0.25, 0.3) is 11.8 Å². The number of nitrogens with one attached hydrogen (secondary N) is 1. The van der Waals surface area contributed by atoms with E-state index in [0.29, 0.717) is 72.9 Å². The van der Waals surface area contributed by atoms with Crippen LogP contribution in [-0.4, -0.2) is 56.1 Å². The van der Waals surface area contributed by atoms with E-state index in [4.69, 9.17) is 21.1 Å². The second-order valence-corrected chi connectivity index (χ2v) is 10.4. The number of hydrogen-bond acceptors (Lipinski definition) is 5. The van der Waals surface area contributed by atoms with Crippen LogP contribution in [0.2, 0.25) is 5.02 Å². The third kappa shape index (κ3) is 7.67. The molecule has 206 valence electrons. The molecule has 1 aliphatic rings. The Morgan fingerprint density at radius 1 is 0.897 bits per heavy atom. The van der Waals surface area contributed by atoms with Gasteiger partial charge < -0.3 is 24.6 Å². The lowest BCUT2D eigenvalue weighted by Gasteiger charge is -2.36. The summed E-state index contributed by atoms with van der Waals surface area (Å²) in [6, 6.07) is 20.0. The van der Waals surface area contributed by atoms with Gasteiger partial charge in [0.2, 0.25) is 0 Å². The highest BCUT2D eigenvalue weighted by Gasteiger charge is 2.23. The Labute approximate surface area is 235 Å². The maximum absolute atomic E-state index is 13.0. The molecule has 7 nitrogen and oxygen atoms in total. The molecule has 2 amide bonds. The van der Waals surface area contributed by atoms with Crippen LogP contribution < -0.4 is 19.7 Å². The van der Waals surface area contributed by atoms with Crippen molar-refractivity contribution < 1.29 is 19.1 Å². The van der Waals surface area contributed by atoms with E-state index < -0.39 is 0 Å². The van der Waals surface area contributed by atoms with Crippen molar-refractivity contribution in [2.24, 2.45) is 5.92 Å². The molecule has 1 N–H and O–H groups in total. The Morgan fingerprint density at radius 3 is 2.31 bits per heavy atom. The lowest BCUT2D eigenvalue weighted by Crippen LogP contribution is -2.48. The number of piperazine rings is 1. The SMILES string of the molecule is CCCOc1ccc(C(=O)N2CCN(c3ccc(NC(=O)c4cccc(OCC(C)C)c4)cc3Cl)CC2)cc1. The smallest absolute Gasteiger partial charge is 0.255 e. The van der Waals surface area contributed by atoms with Crippen molar-refractivity contribution in [3.05, 3.63) is 82.9 Å². The molecule has 1 aliphatic heterocycles. The molecule has 1 saturated heterocycles. The van der Waals surface area contributed by atoms with Gasteiger partial charge in [0.15, 0.2) is 0 Å². The van der Waals surface area contributed by atoms with Crippen molar-refractivity contribution >= 4 is 34.8 Å². The van der Waals surface area contributed by atoms with E-state index in [1.54, 1.807) is 18.2 Å². The third-order valence-electron chi connectivity index (χ3n) is 6.37. The average Bonchev–Trinajstić information content (AvgIpc) is 2.95. The Morgan fingerprint density at radius 2 is 1.64 bits per heavy atom. The quantitative estimate of drug-likeness (QED) is 0.318. The first-order valence-corrected chi connectivity index (χ1v) is 13.8. The zero-order valence-corrected chi connectivity index (χ0v) is 23.5. The van der Waals surface area contributed by atoms with Gasteiger partial charge in [0.1, 0.15) is 11.5 Å². The number of rotatable bonds is 10. The number of nitrogens with zero attached hydrogens (tertiary/aromatic N) is 2. The minimum absolute atomic E-state index is 0.0134. The molecule has 0 unspecified atom stereocenters. The molecule has 1 heterocycles. The van der Waals surface area contributed by atoms with Gasteiger partial charge in [-0.25, -0.2) is 0 Å². The Kier molecular flexibility index (Phi) is 9.71. The van der Waals surface area contributed by atoms with Crippen molar-refractivity contribution in [2.45, 2.75) is 27.2 Å². The van der Waals surface area contributed by atoms with E-state index in [1.165, 1.54) is 0 Å². The van der Waals surface area contributed by atoms with E-state index in [2.05, 4.69) is 31.0 Å². The number of hydrogen-bond donors (Lipinski definition) is 1. The highest BCUT2D eigenvalue weighted by molar-refractivity contribution is 6.33. The van der Waals surface area contributed by atoms with Crippen molar-refractivity contribution in [2.75, 3.05) is 49.6 Å². The molecule has 0 bridgehead atoms. The maximum Gasteiger partial charge on any atom is 0.255 e. The molecule has 0 spiro atoms. The maximum atomic E-state index is 13.0. The zero-order chi connectivity index (χ0) is 27.8. The highest BCUT2D eigenvalue weighted by atomic mass is 35.5. The van der Waals surface area contributed by atoms with Gasteiger partial charge in [-0.2, -0.15) is 0 Å². The molecule has 1 fully saturated rings. The van der Waals surface area contributed by atoms with E-state index in [1.807, 2.05) is 53.4 Å². The molecule has 0 aliphatic carbocycles. The van der Waals surface area contributed by atoms with Gasteiger partial charge >= 0.3 is 0 Å². The second kappa shape index (κ2) is 13.4. The number of ether oxygens (including phenoxy) is 2. The lowest BCUT2D eigenvalue weighted by molar-refractivity contribution is 0.0746. The zero-order valence-electron chi connectivity index (χ0n) is 22.8. The van der Waals surface area contributed by atoms with E-state index in [9.17, 15) is 9.59 Å². The Balaban J connectivity index is 1.32. The molecule has 0 aromatic heterocycles. The third-order valence-corrected chi connectivity index (χ3v) is 6.67.